The zero-order valence-electron chi connectivity index (χ0n) is 8.39. The molecule has 0 aromatic rings. The standard InChI is InChI=1S/C10H19NO/c1-9(2)7-10(12-4)5-6-11(3)8-10/h1,5-8H2,2-4H3. The first-order chi connectivity index (χ1) is 5.58. The Morgan fingerprint density at radius 2 is 2.33 bits per heavy atom. The fraction of sp³-hybridized carbons (Fsp3) is 0.800. The van der Waals surface area contributed by atoms with Crippen molar-refractivity contribution in [3.63, 3.8) is 0 Å². The molecule has 1 rings (SSSR count). The number of hydrogen-bond acceptors (Lipinski definition) is 2. The van der Waals surface area contributed by atoms with Gasteiger partial charge < -0.3 is 9.64 Å². The van der Waals surface area contributed by atoms with E-state index in [0.29, 0.717) is 0 Å². The van der Waals surface area contributed by atoms with Crippen LogP contribution in [0.3, 0.4) is 0 Å². The van der Waals surface area contributed by atoms with Crippen LogP contribution < -0.4 is 0 Å². The summed E-state index contributed by atoms with van der Waals surface area (Å²) in [5.41, 5.74) is 1.27. The minimum atomic E-state index is 0.0561. The second-order valence-corrected chi connectivity index (χ2v) is 4.01. The fourth-order valence-electron chi connectivity index (χ4n) is 1.98. The molecule has 1 fully saturated rings. The van der Waals surface area contributed by atoms with Gasteiger partial charge in [-0.25, -0.2) is 0 Å². The molecule has 1 aliphatic rings. The predicted octanol–water partition coefficient (Wildman–Crippen LogP) is 1.67. The number of ether oxygens (including phenoxy) is 1. The minimum Gasteiger partial charge on any atom is -0.377 e. The molecule has 0 aliphatic carbocycles. The molecule has 2 heteroatoms. The van der Waals surface area contributed by atoms with E-state index in [1.54, 1.807) is 0 Å². The summed E-state index contributed by atoms with van der Waals surface area (Å²) in [7, 11) is 3.95. The smallest absolute Gasteiger partial charge is 0.0853 e. The SMILES string of the molecule is C=C(C)CC1(OC)CCN(C)C1. The lowest BCUT2D eigenvalue weighted by Crippen LogP contribution is -2.34. The zero-order chi connectivity index (χ0) is 9.19. The normalized spacial score (nSPS) is 30.9. The van der Waals surface area contributed by atoms with Gasteiger partial charge in [0.2, 0.25) is 0 Å². The summed E-state index contributed by atoms with van der Waals surface area (Å²) in [4.78, 5) is 2.31. The fourth-order valence-corrected chi connectivity index (χ4v) is 1.98. The molecule has 70 valence electrons. The Balaban J connectivity index is 2.58. The maximum atomic E-state index is 5.58. The largest absolute Gasteiger partial charge is 0.377 e. The van der Waals surface area contributed by atoms with Crippen molar-refractivity contribution in [3.05, 3.63) is 12.2 Å². The van der Waals surface area contributed by atoms with Gasteiger partial charge in [-0.15, -0.1) is 6.58 Å². The zero-order valence-corrected chi connectivity index (χ0v) is 8.39. The second-order valence-electron chi connectivity index (χ2n) is 4.01. The van der Waals surface area contributed by atoms with E-state index < -0.39 is 0 Å². The van der Waals surface area contributed by atoms with Gasteiger partial charge in [-0.05, 0) is 26.8 Å². The highest BCUT2D eigenvalue weighted by Gasteiger charge is 2.36. The van der Waals surface area contributed by atoms with E-state index in [0.717, 1.165) is 25.9 Å². The van der Waals surface area contributed by atoms with Crippen molar-refractivity contribution < 1.29 is 4.74 Å². The van der Waals surface area contributed by atoms with Crippen LogP contribution in [0.25, 0.3) is 0 Å². The summed E-state index contributed by atoms with van der Waals surface area (Å²) in [6.07, 6.45) is 2.13. The molecule has 1 heterocycles. The summed E-state index contributed by atoms with van der Waals surface area (Å²) in [6.45, 7) is 8.18. The van der Waals surface area contributed by atoms with Crippen molar-refractivity contribution in [1.29, 1.82) is 0 Å². The average molecular weight is 169 g/mol. The van der Waals surface area contributed by atoms with Crippen LogP contribution in [0.5, 0.6) is 0 Å². The molecule has 0 aromatic carbocycles. The summed E-state index contributed by atoms with van der Waals surface area (Å²) < 4.78 is 5.58. The van der Waals surface area contributed by atoms with Crippen LogP contribution in [0.15, 0.2) is 12.2 Å². The highest BCUT2D eigenvalue weighted by molar-refractivity contribution is 5.02. The summed E-state index contributed by atoms with van der Waals surface area (Å²) in [6, 6.07) is 0. The first-order valence-electron chi connectivity index (χ1n) is 4.46. The topological polar surface area (TPSA) is 12.5 Å². The van der Waals surface area contributed by atoms with E-state index in [4.69, 9.17) is 4.74 Å². The van der Waals surface area contributed by atoms with Crippen LogP contribution >= 0.6 is 0 Å². The van der Waals surface area contributed by atoms with E-state index in [1.807, 2.05) is 7.11 Å². The predicted molar refractivity (Wildman–Crippen MR) is 51.3 cm³/mol. The monoisotopic (exact) mass is 169 g/mol. The Labute approximate surface area is 75.2 Å². The Morgan fingerprint density at radius 1 is 1.67 bits per heavy atom. The molecule has 0 amide bonds. The van der Waals surface area contributed by atoms with Crippen molar-refractivity contribution in [1.82, 2.24) is 4.90 Å². The molecule has 0 spiro atoms. The molecule has 2 nitrogen and oxygen atoms in total. The molecule has 0 radical (unpaired) electrons. The van der Waals surface area contributed by atoms with Gasteiger partial charge in [-0.1, -0.05) is 5.57 Å². The van der Waals surface area contributed by atoms with Gasteiger partial charge in [0.25, 0.3) is 0 Å². The van der Waals surface area contributed by atoms with Gasteiger partial charge in [0.1, 0.15) is 0 Å². The number of rotatable bonds is 3. The van der Waals surface area contributed by atoms with Gasteiger partial charge in [0.15, 0.2) is 0 Å². The molecule has 1 saturated heterocycles. The van der Waals surface area contributed by atoms with Crippen molar-refractivity contribution in [2.24, 2.45) is 0 Å². The molecule has 1 unspecified atom stereocenters. The Kier molecular flexibility index (Phi) is 2.91. The Morgan fingerprint density at radius 3 is 2.67 bits per heavy atom. The minimum absolute atomic E-state index is 0.0561. The van der Waals surface area contributed by atoms with E-state index in [1.165, 1.54) is 5.57 Å². The lowest BCUT2D eigenvalue weighted by molar-refractivity contribution is 0.000827. The maximum absolute atomic E-state index is 5.58. The molecule has 1 atom stereocenters. The molecule has 0 bridgehead atoms. The Bertz CT molecular complexity index is 179. The van der Waals surface area contributed by atoms with Crippen molar-refractivity contribution in [2.75, 3.05) is 27.2 Å². The Hall–Kier alpha value is -0.340. The molecule has 12 heavy (non-hydrogen) atoms. The van der Waals surface area contributed by atoms with Gasteiger partial charge in [-0.3, -0.25) is 0 Å². The summed E-state index contributed by atoms with van der Waals surface area (Å²) in [5, 5.41) is 0. The lowest BCUT2D eigenvalue weighted by atomic mass is 9.95. The van der Waals surface area contributed by atoms with E-state index in [2.05, 4.69) is 25.5 Å². The molecule has 0 aromatic heterocycles. The van der Waals surface area contributed by atoms with Gasteiger partial charge in [0.05, 0.1) is 5.60 Å². The van der Waals surface area contributed by atoms with Crippen molar-refractivity contribution in [3.8, 4) is 0 Å². The molecule has 0 N–H and O–H groups in total. The first-order valence-corrected chi connectivity index (χ1v) is 4.46. The molecule has 0 saturated carbocycles. The third kappa shape index (κ3) is 2.08. The number of nitrogens with zero attached hydrogens (tertiary/aromatic N) is 1. The number of hydrogen-bond donors (Lipinski definition) is 0. The molecular formula is C10H19NO. The van der Waals surface area contributed by atoms with Gasteiger partial charge in [-0.2, -0.15) is 0 Å². The van der Waals surface area contributed by atoms with Crippen LogP contribution in [-0.4, -0.2) is 37.7 Å². The second kappa shape index (κ2) is 3.58. The van der Waals surface area contributed by atoms with E-state index >= 15 is 0 Å². The van der Waals surface area contributed by atoms with Gasteiger partial charge in [0, 0.05) is 20.2 Å². The lowest BCUT2D eigenvalue weighted by Gasteiger charge is -2.27. The number of methoxy groups -OCH3 is 1. The van der Waals surface area contributed by atoms with Crippen molar-refractivity contribution >= 4 is 0 Å². The van der Waals surface area contributed by atoms with Crippen LogP contribution in [0.4, 0.5) is 0 Å². The van der Waals surface area contributed by atoms with Gasteiger partial charge >= 0.3 is 0 Å². The first kappa shape index (κ1) is 9.75. The maximum Gasteiger partial charge on any atom is 0.0853 e. The van der Waals surface area contributed by atoms with E-state index in [-0.39, 0.29) is 5.60 Å². The highest BCUT2D eigenvalue weighted by Crippen LogP contribution is 2.29. The average Bonchev–Trinajstić information content (AvgIpc) is 2.32. The molecule has 1 aliphatic heterocycles. The van der Waals surface area contributed by atoms with Crippen LogP contribution in [0.2, 0.25) is 0 Å². The van der Waals surface area contributed by atoms with E-state index in [9.17, 15) is 0 Å². The third-order valence-electron chi connectivity index (χ3n) is 2.56. The summed E-state index contributed by atoms with van der Waals surface area (Å²) in [5.74, 6) is 0. The third-order valence-corrected chi connectivity index (χ3v) is 2.56. The number of likely N-dealkylation sites (N-methyl/N-ethyl adjacent to an activating group) is 1. The number of likely N-dealkylation sites (tertiary alicyclic amines) is 1. The van der Waals surface area contributed by atoms with Crippen molar-refractivity contribution in [2.45, 2.75) is 25.4 Å². The molecular weight excluding hydrogens is 150 g/mol. The van der Waals surface area contributed by atoms with Crippen LogP contribution in [-0.2, 0) is 4.74 Å². The van der Waals surface area contributed by atoms with Crippen LogP contribution in [0.1, 0.15) is 19.8 Å². The highest BCUT2D eigenvalue weighted by atomic mass is 16.5. The quantitative estimate of drug-likeness (QED) is 0.596. The van der Waals surface area contributed by atoms with Crippen LogP contribution in [0, 0.1) is 0 Å². The summed E-state index contributed by atoms with van der Waals surface area (Å²) >= 11 is 0.